The Labute approximate surface area is 152 Å². The molecule has 0 radical (unpaired) electrons. The predicted octanol–water partition coefficient (Wildman–Crippen LogP) is 3.82. The number of nitrogens with one attached hydrogen (secondary N) is 1. The van der Waals surface area contributed by atoms with Gasteiger partial charge in [-0.3, -0.25) is 4.79 Å². The summed E-state index contributed by atoms with van der Waals surface area (Å²) in [4.78, 5) is 11.3. The average molecular weight is 347 g/mol. The van der Waals surface area contributed by atoms with Crippen LogP contribution in [-0.4, -0.2) is 36.2 Å². The number of hydrogen-bond donors (Lipinski definition) is 2. The molecule has 4 heteroatoms. The maximum atomic E-state index is 11.3. The number of hydrogen-bond acceptors (Lipinski definition) is 4. The van der Waals surface area contributed by atoms with Crippen LogP contribution >= 0.6 is 0 Å². The number of carbonyl (C=O) groups is 1. The van der Waals surface area contributed by atoms with Crippen LogP contribution in [0.15, 0.2) is 24.3 Å². The van der Waals surface area contributed by atoms with Gasteiger partial charge in [0.1, 0.15) is 18.5 Å². The van der Waals surface area contributed by atoms with Gasteiger partial charge in [0.15, 0.2) is 5.78 Å². The van der Waals surface area contributed by atoms with E-state index in [1.807, 2.05) is 0 Å². The molecule has 0 bridgehead atoms. The Balaban J connectivity index is 1.77. The molecule has 0 amide bonds. The van der Waals surface area contributed by atoms with Crippen LogP contribution in [0.25, 0.3) is 0 Å². The lowest BCUT2D eigenvalue weighted by Gasteiger charge is -2.41. The minimum absolute atomic E-state index is 0.0386. The van der Waals surface area contributed by atoms with Crippen molar-refractivity contribution in [2.75, 3.05) is 13.2 Å². The lowest BCUT2D eigenvalue weighted by molar-refractivity contribution is 0.0827. The van der Waals surface area contributed by atoms with Gasteiger partial charge in [-0.2, -0.15) is 0 Å². The van der Waals surface area contributed by atoms with E-state index in [1.54, 1.807) is 31.2 Å². The Hall–Kier alpha value is -1.39. The lowest BCUT2D eigenvalue weighted by Crippen LogP contribution is -2.47. The highest BCUT2D eigenvalue weighted by atomic mass is 16.5. The van der Waals surface area contributed by atoms with Gasteiger partial charge in [0.05, 0.1) is 0 Å². The second-order valence-electron chi connectivity index (χ2n) is 8.32. The first-order valence-corrected chi connectivity index (χ1v) is 9.42. The Morgan fingerprint density at radius 3 is 2.48 bits per heavy atom. The zero-order valence-electron chi connectivity index (χ0n) is 16.0. The summed E-state index contributed by atoms with van der Waals surface area (Å²) < 4.78 is 5.64. The number of benzene rings is 1. The molecule has 0 saturated heterocycles. The molecule has 2 N–H and O–H groups in total. The molecule has 1 saturated carbocycles. The first kappa shape index (κ1) is 19.9. The molecule has 1 aliphatic rings. The molecule has 1 fully saturated rings. The molecule has 0 heterocycles. The van der Waals surface area contributed by atoms with Crippen molar-refractivity contribution >= 4 is 5.78 Å². The van der Waals surface area contributed by atoms with Gasteiger partial charge in [-0.1, -0.05) is 33.6 Å². The fourth-order valence-electron chi connectivity index (χ4n) is 3.74. The van der Waals surface area contributed by atoms with Gasteiger partial charge in [0.2, 0.25) is 0 Å². The third-order valence-corrected chi connectivity index (χ3v) is 5.20. The highest BCUT2D eigenvalue weighted by molar-refractivity contribution is 5.94. The highest BCUT2D eigenvalue weighted by Crippen LogP contribution is 2.37. The molecule has 140 valence electrons. The first-order valence-electron chi connectivity index (χ1n) is 9.42. The molecule has 0 aliphatic heterocycles. The third kappa shape index (κ3) is 6.12. The fourth-order valence-corrected chi connectivity index (χ4v) is 3.74. The molecule has 2 rings (SSSR count). The van der Waals surface area contributed by atoms with Crippen molar-refractivity contribution in [2.45, 2.75) is 65.5 Å². The van der Waals surface area contributed by atoms with Crippen molar-refractivity contribution in [3.63, 3.8) is 0 Å². The number of rotatable bonds is 7. The van der Waals surface area contributed by atoms with Crippen molar-refractivity contribution < 1.29 is 14.6 Å². The molecule has 25 heavy (non-hydrogen) atoms. The molecule has 1 aliphatic carbocycles. The number of ketones is 1. The van der Waals surface area contributed by atoms with Crippen molar-refractivity contribution in [2.24, 2.45) is 11.3 Å². The van der Waals surface area contributed by atoms with E-state index in [4.69, 9.17) is 4.74 Å². The van der Waals surface area contributed by atoms with Crippen molar-refractivity contribution in [3.05, 3.63) is 29.8 Å². The van der Waals surface area contributed by atoms with E-state index in [2.05, 4.69) is 26.1 Å². The zero-order chi connectivity index (χ0) is 18.4. The Kier molecular flexibility index (Phi) is 7.03. The molecular formula is C21H33NO3. The second kappa shape index (κ2) is 8.81. The molecule has 0 spiro atoms. The van der Waals surface area contributed by atoms with Gasteiger partial charge >= 0.3 is 0 Å². The summed E-state index contributed by atoms with van der Waals surface area (Å²) >= 11 is 0. The van der Waals surface area contributed by atoms with Crippen LogP contribution < -0.4 is 10.1 Å². The number of Topliss-reactive ketones (excluding diaryl/α,β-unsaturated/α-hetero) is 1. The van der Waals surface area contributed by atoms with E-state index in [9.17, 15) is 9.90 Å². The second-order valence-corrected chi connectivity index (χ2v) is 8.32. The monoisotopic (exact) mass is 347 g/mol. The van der Waals surface area contributed by atoms with Gasteiger partial charge < -0.3 is 15.2 Å². The van der Waals surface area contributed by atoms with Gasteiger partial charge in [-0.25, -0.2) is 0 Å². The van der Waals surface area contributed by atoms with Crippen LogP contribution in [0.5, 0.6) is 5.75 Å². The number of aliphatic hydroxyl groups is 1. The van der Waals surface area contributed by atoms with Gasteiger partial charge in [0, 0.05) is 18.2 Å². The molecule has 0 aromatic heterocycles. The van der Waals surface area contributed by atoms with E-state index in [0.29, 0.717) is 29.8 Å². The smallest absolute Gasteiger partial charge is 0.159 e. The summed E-state index contributed by atoms with van der Waals surface area (Å²) in [5.41, 5.74) is 0.956. The first-order chi connectivity index (χ1) is 11.8. The molecule has 3 unspecified atom stereocenters. The van der Waals surface area contributed by atoms with Crippen LogP contribution in [-0.2, 0) is 0 Å². The maximum Gasteiger partial charge on any atom is 0.159 e. The van der Waals surface area contributed by atoms with Crippen molar-refractivity contribution in [1.29, 1.82) is 0 Å². The summed E-state index contributed by atoms with van der Waals surface area (Å²) in [6, 6.07) is 7.51. The molecular weight excluding hydrogens is 314 g/mol. The zero-order valence-corrected chi connectivity index (χ0v) is 16.0. The topological polar surface area (TPSA) is 58.6 Å². The van der Waals surface area contributed by atoms with E-state index in [-0.39, 0.29) is 17.8 Å². The number of aliphatic hydroxyl groups excluding tert-OH is 1. The molecule has 3 atom stereocenters. The van der Waals surface area contributed by atoms with Crippen LogP contribution in [0.2, 0.25) is 0 Å². The summed E-state index contributed by atoms with van der Waals surface area (Å²) in [5.74, 6) is 1.36. The Bertz CT molecular complexity index is 547. The summed E-state index contributed by atoms with van der Waals surface area (Å²) in [5, 5.41) is 13.8. The van der Waals surface area contributed by atoms with E-state index in [1.165, 1.54) is 25.7 Å². The third-order valence-electron chi connectivity index (χ3n) is 5.20. The summed E-state index contributed by atoms with van der Waals surface area (Å²) in [7, 11) is 0. The van der Waals surface area contributed by atoms with Crippen LogP contribution in [0.4, 0.5) is 0 Å². The molecule has 1 aromatic carbocycles. The minimum atomic E-state index is -0.546. The molecule has 4 nitrogen and oxygen atoms in total. The Morgan fingerprint density at radius 2 is 1.88 bits per heavy atom. The predicted molar refractivity (Wildman–Crippen MR) is 101 cm³/mol. The Morgan fingerprint density at radius 1 is 1.24 bits per heavy atom. The van der Waals surface area contributed by atoms with Crippen LogP contribution in [0.1, 0.15) is 63.7 Å². The van der Waals surface area contributed by atoms with Gasteiger partial charge in [-0.15, -0.1) is 0 Å². The van der Waals surface area contributed by atoms with E-state index >= 15 is 0 Å². The minimum Gasteiger partial charge on any atom is -0.491 e. The largest absolute Gasteiger partial charge is 0.491 e. The number of ether oxygens (including phenoxy) is 1. The number of carbonyl (C=O) groups excluding carboxylic acids is 1. The van der Waals surface area contributed by atoms with E-state index in [0.717, 1.165) is 0 Å². The van der Waals surface area contributed by atoms with E-state index < -0.39 is 6.10 Å². The average Bonchev–Trinajstić information content (AvgIpc) is 2.58. The summed E-state index contributed by atoms with van der Waals surface area (Å²) in [6.45, 7) is 9.26. The lowest BCUT2D eigenvalue weighted by atomic mass is 9.69. The van der Waals surface area contributed by atoms with Gasteiger partial charge in [0.25, 0.3) is 0 Å². The quantitative estimate of drug-likeness (QED) is 0.736. The maximum absolute atomic E-state index is 11.3. The highest BCUT2D eigenvalue weighted by Gasteiger charge is 2.33. The molecule has 1 aromatic rings. The van der Waals surface area contributed by atoms with Crippen LogP contribution in [0.3, 0.4) is 0 Å². The van der Waals surface area contributed by atoms with Crippen molar-refractivity contribution in [3.8, 4) is 5.75 Å². The SMILES string of the molecule is CC(=O)c1ccc(OCC(O)CNC2CCCCC2C(C)(C)C)cc1. The van der Waals surface area contributed by atoms with Gasteiger partial charge in [-0.05, 0) is 55.4 Å². The van der Waals surface area contributed by atoms with Crippen LogP contribution in [0, 0.1) is 11.3 Å². The normalized spacial score (nSPS) is 22.4. The van der Waals surface area contributed by atoms with Crippen molar-refractivity contribution in [1.82, 2.24) is 5.32 Å². The standard InChI is InChI=1S/C21H33NO3/c1-15(23)16-9-11-18(12-10-16)25-14-17(24)13-22-20-8-6-5-7-19(20)21(2,3)4/h9-12,17,19-20,22,24H,5-8,13-14H2,1-4H3. The summed E-state index contributed by atoms with van der Waals surface area (Å²) in [6.07, 6.45) is 4.47. The fraction of sp³-hybridized carbons (Fsp3) is 0.667.